The third kappa shape index (κ3) is 5.26. The summed E-state index contributed by atoms with van der Waals surface area (Å²) in [7, 11) is 0. The predicted octanol–water partition coefficient (Wildman–Crippen LogP) is 2.87. The van der Waals surface area contributed by atoms with Crippen LogP contribution in [-0.4, -0.2) is 19.1 Å². The molecule has 4 heteroatoms. The third-order valence-electron chi connectivity index (χ3n) is 3.01. The first-order chi connectivity index (χ1) is 10.1. The first-order valence-electron chi connectivity index (χ1n) is 6.84. The average Bonchev–Trinajstić information content (AvgIpc) is 2.47. The molecule has 0 atom stereocenters. The summed E-state index contributed by atoms with van der Waals surface area (Å²) in [6.07, 6.45) is 0.663. The topological polar surface area (TPSA) is 38.3 Å². The quantitative estimate of drug-likeness (QED) is 0.887. The zero-order valence-corrected chi connectivity index (χ0v) is 11.9. The Bertz CT molecular complexity index is 596. The number of rotatable bonds is 6. The molecule has 2 rings (SSSR count). The fourth-order valence-electron chi connectivity index (χ4n) is 1.90. The van der Waals surface area contributed by atoms with Crippen molar-refractivity contribution in [2.75, 3.05) is 13.2 Å². The van der Waals surface area contributed by atoms with Crippen LogP contribution in [0, 0.1) is 12.7 Å². The molecular formula is C17H18FNO2. The van der Waals surface area contributed by atoms with Crippen molar-refractivity contribution in [2.24, 2.45) is 0 Å². The van der Waals surface area contributed by atoms with Crippen LogP contribution in [0.3, 0.4) is 0 Å². The molecule has 0 aromatic heterocycles. The maximum atomic E-state index is 12.7. The van der Waals surface area contributed by atoms with Gasteiger partial charge in [-0.05, 0) is 48.7 Å². The van der Waals surface area contributed by atoms with E-state index in [1.807, 2.05) is 31.2 Å². The van der Waals surface area contributed by atoms with Crippen LogP contribution in [0.25, 0.3) is 0 Å². The Morgan fingerprint density at radius 1 is 1.19 bits per heavy atom. The van der Waals surface area contributed by atoms with E-state index >= 15 is 0 Å². The Hall–Kier alpha value is -2.36. The molecule has 110 valence electrons. The number of hydrogen-bond donors (Lipinski definition) is 1. The summed E-state index contributed by atoms with van der Waals surface area (Å²) in [6, 6.07) is 13.8. The summed E-state index contributed by atoms with van der Waals surface area (Å²) in [6.45, 7) is 2.46. The van der Waals surface area contributed by atoms with E-state index in [2.05, 4.69) is 5.32 Å². The highest BCUT2D eigenvalue weighted by Crippen LogP contribution is 2.11. The fraction of sp³-hybridized carbons (Fsp3) is 0.235. The molecule has 0 fully saturated rings. The fourth-order valence-corrected chi connectivity index (χ4v) is 1.90. The van der Waals surface area contributed by atoms with Crippen molar-refractivity contribution >= 4 is 5.91 Å². The van der Waals surface area contributed by atoms with Crippen LogP contribution in [-0.2, 0) is 11.2 Å². The Morgan fingerprint density at radius 2 is 1.95 bits per heavy atom. The molecule has 3 nitrogen and oxygen atoms in total. The van der Waals surface area contributed by atoms with Crippen LogP contribution < -0.4 is 10.1 Å². The summed E-state index contributed by atoms with van der Waals surface area (Å²) in [5, 5.41) is 2.77. The lowest BCUT2D eigenvalue weighted by atomic mass is 10.1. The maximum absolute atomic E-state index is 12.7. The van der Waals surface area contributed by atoms with E-state index in [1.165, 1.54) is 12.1 Å². The summed E-state index contributed by atoms with van der Waals surface area (Å²) >= 11 is 0. The van der Waals surface area contributed by atoms with Crippen molar-refractivity contribution in [1.82, 2.24) is 5.32 Å². The average molecular weight is 287 g/mol. The number of nitrogens with one attached hydrogen (secondary N) is 1. The van der Waals surface area contributed by atoms with Crippen molar-refractivity contribution < 1.29 is 13.9 Å². The third-order valence-corrected chi connectivity index (χ3v) is 3.01. The Labute approximate surface area is 123 Å². The van der Waals surface area contributed by atoms with Crippen molar-refractivity contribution in [2.45, 2.75) is 13.3 Å². The van der Waals surface area contributed by atoms with Gasteiger partial charge in [0.15, 0.2) is 6.61 Å². The predicted molar refractivity (Wildman–Crippen MR) is 79.8 cm³/mol. The SMILES string of the molecule is Cc1cccc(OCC(=O)NCCc2ccc(F)cc2)c1. The van der Waals surface area contributed by atoms with Gasteiger partial charge in [-0.3, -0.25) is 4.79 Å². The minimum Gasteiger partial charge on any atom is -0.484 e. The number of amides is 1. The summed E-state index contributed by atoms with van der Waals surface area (Å²) in [5.74, 6) is 0.261. The van der Waals surface area contributed by atoms with Gasteiger partial charge in [0, 0.05) is 6.54 Å². The number of carbonyl (C=O) groups excluding carboxylic acids is 1. The number of carbonyl (C=O) groups is 1. The Balaban J connectivity index is 1.69. The van der Waals surface area contributed by atoms with E-state index in [1.54, 1.807) is 12.1 Å². The molecule has 0 saturated heterocycles. The van der Waals surface area contributed by atoms with Crippen LogP contribution in [0.1, 0.15) is 11.1 Å². The van der Waals surface area contributed by atoms with Crippen LogP contribution in [0.15, 0.2) is 48.5 Å². The highest BCUT2D eigenvalue weighted by Gasteiger charge is 2.03. The van der Waals surface area contributed by atoms with E-state index in [0.29, 0.717) is 18.7 Å². The molecule has 0 saturated carbocycles. The van der Waals surface area contributed by atoms with Crippen molar-refractivity contribution in [1.29, 1.82) is 0 Å². The monoisotopic (exact) mass is 287 g/mol. The van der Waals surface area contributed by atoms with Gasteiger partial charge in [-0.25, -0.2) is 4.39 Å². The number of hydrogen-bond acceptors (Lipinski definition) is 2. The molecule has 0 radical (unpaired) electrons. The number of benzene rings is 2. The summed E-state index contributed by atoms with van der Waals surface area (Å²) < 4.78 is 18.1. The van der Waals surface area contributed by atoms with Crippen LogP contribution in [0.2, 0.25) is 0 Å². The molecule has 0 spiro atoms. The van der Waals surface area contributed by atoms with Gasteiger partial charge in [-0.1, -0.05) is 24.3 Å². The standard InChI is InChI=1S/C17H18FNO2/c1-13-3-2-4-16(11-13)21-12-17(20)19-10-9-14-5-7-15(18)8-6-14/h2-8,11H,9-10,12H2,1H3,(H,19,20). The zero-order chi connectivity index (χ0) is 15.1. The van der Waals surface area contributed by atoms with Crippen LogP contribution in [0.5, 0.6) is 5.75 Å². The van der Waals surface area contributed by atoms with Gasteiger partial charge in [0.25, 0.3) is 5.91 Å². The Kier molecular flexibility index (Phi) is 5.32. The molecule has 0 aliphatic heterocycles. The number of aryl methyl sites for hydroxylation is 1. The minimum absolute atomic E-state index is 0.00707. The van der Waals surface area contributed by atoms with Crippen LogP contribution >= 0.6 is 0 Å². The number of ether oxygens (including phenoxy) is 1. The molecule has 0 unspecified atom stereocenters. The summed E-state index contributed by atoms with van der Waals surface area (Å²) in [4.78, 5) is 11.6. The molecular weight excluding hydrogens is 269 g/mol. The molecule has 0 bridgehead atoms. The van der Waals surface area contributed by atoms with Gasteiger partial charge in [-0.2, -0.15) is 0 Å². The lowest BCUT2D eigenvalue weighted by Gasteiger charge is -2.08. The molecule has 1 amide bonds. The summed E-state index contributed by atoms with van der Waals surface area (Å²) in [5.41, 5.74) is 2.07. The second-order valence-corrected chi connectivity index (χ2v) is 4.83. The zero-order valence-electron chi connectivity index (χ0n) is 11.9. The molecule has 0 heterocycles. The first-order valence-corrected chi connectivity index (χ1v) is 6.84. The Morgan fingerprint density at radius 3 is 2.67 bits per heavy atom. The molecule has 21 heavy (non-hydrogen) atoms. The largest absolute Gasteiger partial charge is 0.484 e. The van der Waals surface area contributed by atoms with E-state index in [0.717, 1.165) is 11.1 Å². The highest BCUT2D eigenvalue weighted by molar-refractivity contribution is 5.77. The van der Waals surface area contributed by atoms with Gasteiger partial charge in [0.05, 0.1) is 0 Å². The molecule has 2 aromatic rings. The van der Waals surface area contributed by atoms with E-state index < -0.39 is 0 Å². The van der Waals surface area contributed by atoms with E-state index in [4.69, 9.17) is 4.74 Å². The maximum Gasteiger partial charge on any atom is 0.257 e. The number of halogens is 1. The van der Waals surface area contributed by atoms with E-state index in [9.17, 15) is 9.18 Å². The highest BCUT2D eigenvalue weighted by atomic mass is 19.1. The van der Waals surface area contributed by atoms with Crippen molar-refractivity contribution in [3.8, 4) is 5.75 Å². The van der Waals surface area contributed by atoms with Gasteiger partial charge >= 0.3 is 0 Å². The van der Waals surface area contributed by atoms with Gasteiger partial charge in [0.1, 0.15) is 11.6 Å². The minimum atomic E-state index is -0.255. The second kappa shape index (κ2) is 7.43. The lowest BCUT2D eigenvalue weighted by Crippen LogP contribution is -2.30. The smallest absolute Gasteiger partial charge is 0.257 e. The van der Waals surface area contributed by atoms with Gasteiger partial charge in [-0.15, -0.1) is 0 Å². The van der Waals surface area contributed by atoms with Crippen molar-refractivity contribution in [3.05, 3.63) is 65.5 Å². The van der Waals surface area contributed by atoms with Gasteiger partial charge in [0.2, 0.25) is 0 Å². The molecule has 0 aliphatic carbocycles. The molecule has 0 aliphatic rings. The molecule has 1 N–H and O–H groups in total. The second-order valence-electron chi connectivity index (χ2n) is 4.83. The van der Waals surface area contributed by atoms with Crippen molar-refractivity contribution in [3.63, 3.8) is 0 Å². The van der Waals surface area contributed by atoms with E-state index in [-0.39, 0.29) is 18.3 Å². The molecule has 2 aromatic carbocycles. The van der Waals surface area contributed by atoms with Crippen LogP contribution in [0.4, 0.5) is 4.39 Å². The lowest BCUT2D eigenvalue weighted by molar-refractivity contribution is -0.123. The van der Waals surface area contributed by atoms with Gasteiger partial charge < -0.3 is 10.1 Å². The first kappa shape index (κ1) is 15.0. The normalized spacial score (nSPS) is 10.2.